The van der Waals surface area contributed by atoms with E-state index in [9.17, 15) is 4.79 Å². The number of piperidine rings is 1. The van der Waals surface area contributed by atoms with Gasteiger partial charge >= 0.3 is 6.03 Å². The molecule has 2 aromatic rings. The molecule has 6 nitrogen and oxygen atoms in total. The number of hydrogen-bond donors (Lipinski definition) is 2. The Kier molecular flexibility index (Phi) is 6.43. The number of carbonyl (C=O) groups is 1. The van der Waals surface area contributed by atoms with Crippen molar-refractivity contribution in [2.24, 2.45) is 0 Å². The molecule has 3 atom stereocenters. The number of nitrogens with zero attached hydrogens (tertiary/aromatic N) is 1. The van der Waals surface area contributed by atoms with Crippen LogP contribution in [0.2, 0.25) is 0 Å². The number of benzene rings is 2. The molecule has 0 spiro atoms. The van der Waals surface area contributed by atoms with Crippen molar-refractivity contribution in [1.29, 1.82) is 0 Å². The van der Waals surface area contributed by atoms with Gasteiger partial charge in [-0.2, -0.15) is 0 Å². The van der Waals surface area contributed by atoms with Crippen molar-refractivity contribution in [1.82, 2.24) is 10.2 Å². The lowest BCUT2D eigenvalue weighted by Gasteiger charge is -2.39. The zero-order chi connectivity index (χ0) is 20.9. The van der Waals surface area contributed by atoms with E-state index in [2.05, 4.69) is 27.7 Å². The maximum atomic E-state index is 12.5. The van der Waals surface area contributed by atoms with Gasteiger partial charge in [-0.3, -0.25) is 4.90 Å². The Bertz CT molecular complexity index is 824. The standard InChI is InChI=1S/C24H31N3O3/c1-3-30-23-12-6-18(7-13-23)25-24(28)26-19-14-20-8-9-21(15-19)27(20)16-17-4-10-22(29-2)11-5-17/h4-7,10-13,19-21H,3,8-9,14-16H2,1-2H3,(H2,25,26,28)/t19?,20-,21+. The molecule has 6 heteroatoms. The predicted molar refractivity (Wildman–Crippen MR) is 118 cm³/mol. The van der Waals surface area contributed by atoms with Gasteiger partial charge in [0.15, 0.2) is 0 Å². The van der Waals surface area contributed by atoms with Crippen LogP contribution in [0.3, 0.4) is 0 Å². The number of ether oxygens (including phenoxy) is 2. The van der Waals surface area contributed by atoms with Crippen LogP contribution >= 0.6 is 0 Å². The zero-order valence-corrected chi connectivity index (χ0v) is 17.8. The second kappa shape index (κ2) is 9.39. The van der Waals surface area contributed by atoms with E-state index in [-0.39, 0.29) is 12.1 Å². The van der Waals surface area contributed by atoms with Crippen LogP contribution in [0, 0.1) is 0 Å². The molecule has 2 aliphatic rings. The first-order valence-electron chi connectivity index (χ1n) is 10.8. The van der Waals surface area contributed by atoms with Crippen LogP contribution in [0.1, 0.15) is 38.2 Å². The minimum Gasteiger partial charge on any atom is -0.497 e. The summed E-state index contributed by atoms with van der Waals surface area (Å²) >= 11 is 0. The molecule has 0 aliphatic carbocycles. The Morgan fingerprint density at radius 2 is 1.63 bits per heavy atom. The summed E-state index contributed by atoms with van der Waals surface area (Å²) in [5.41, 5.74) is 2.09. The Labute approximate surface area is 178 Å². The van der Waals surface area contributed by atoms with Crippen LogP contribution in [-0.2, 0) is 6.54 Å². The number of carbonyl (C=O) groups excluding carboxylic acids is 1. The highest BCUT2D eigenvalue weighted by Gasteiger charge is 2.40. The van der Waals surface area contributed by atoms with E-state index in [1.807, 2.05) is 43.3 Å². The number of rotatable bonds is 7. The Morgan fingerprint density at radius 1 is 1.00 bits per heavy atom. The highest BCUT2D eigenvalue weighted by atomic mass is 16.5. The zero-order valence-electron chi connectivity index (χ0n) is 17.8. The SMILES string of the molecule is CCOc1ccc(NC(=O)NC2C[C@H]3CC[C@@H](C2)N3Cc2ccc(OC)cc2)cc1. The van der Waals surface area contributed by atoms with Crippen molar-refractivity contribution >= 4 is 11.7 Å². The summed E-state index contributed by atoms with van der Waals surface area (Å²) in [4.78, 5) is 15.1. The quantitative estimate of drug-likeness (QED) is 0.711. The fourth-order valence-electron chi connectivity index (χ4n) is 4.75. The summed E-state index contributed by atoms with van der Waals surface area (Å²) in [6, 6.07) is 17.0. The van der Waals surface area contributed by atoms with E-state index < -0.39 is 0 Å². The Balaban J connectivity index is 1.28. The van der Waals surface area contributed by atoms with Crippen LogP contribution in [0.15, 0.2) is 48.5 Å². The highest BCUT2D eigenvalue weighted by molar-refractivity contribution is 5.89. The minimum absolute atomic E-state index is 0.132. The molecule has 0 aromatic heterocycles. The lowest BCUT2D eigenvalue weighted by atomic mass is 9.96. The number of amides is 2. The summed E-state index contributed by atoms with van der Waals surface area (Å²) in [6.07, 6.45) is 4.42. The molecule has 160 valence electrons. The third-order valence-electron chi connectivity index (χ3n) is 6.17. The molecule has 2 heterocycles. The normalized spacial score (nSPS) is 23.1. The monoisotopic (exact) mass is 409 g/mol. The number of methoxy groups -OCH3 is 1. The molecule has 2 aliphatic heterocycles. The van der Waals surface area contributed by atoms with Gasteiger partial charge in [0.25, 0.3) is 0 Å². The maximum Gasteiger partial charge on any atom is 0.319 e. The molecule has 0 saturated carbocycles. The molecule has 30 heavy (non-hydrogen) atoms. The van der Waals surface area contributed by atoms with Crippen LogP contribution in [0.5, 0.6) is 11.5 Å². The largest absolute Gasteiger partial charge is 0.497 e. The molecule has 0 radical (unpaired) electrons. The average molecular weight is 410 g/mol. The fourth-order valence-corrected chi connectivity index (χ4v) is 4.75. The Morgan fingerprint density at radius 3 is 2.23 bits per heavy atom. The van der Waals surface area contributed by atoms with E-state index in [1.54, 1.807) is 7.11 Å². The molecule has 2 aromatic carbocycles. The van der Waals surface area contributed by atoms with Crippen molar-refractivity contribution in [2.75, 3.05) is 19.0 Å². The van der Waals surface area contributed by atoms with Crippen LogP contribution in [-0.4, -0.2) is 42.8 Å². The summed E-state index contributed by atoms with van der Waals surface area (Å²) < 4.78 is 10.7. The van der Waals surface area contributed by atoms with Crippen LogP contribution < -0.4 is 20.1 Å². The first-order chi connectivity index (χ1) is 14.6. The van der Waals surface area contributed by atoms with E-state index >= 15 is 0 Å². The topological polar surface area (TPSA) is 62.8 Å². The molecular weight excluding hydrogens is 378 g/mol. The minimum atomic E-state index is -0.132. The van der Waals surface area contributed by atoms with E-state index in [0.29, 0.717) is 18.7 Å². The average Bonchev–Trinajstić information content (AvgIpc) is 2.98. The highest BCUT2D eigenvalue weighted by Crippen LogP contribution is 2.37. The van der Waals surface area contributed by atoms with Crippen LogP contribution in [0.4, 0.5) is 10.5 Å². The molecular formula is C24H31N3O3. The lowest BCUT2D eigenvalue weighted by Crippen LogP contribution is -2.50. The van der Waals surface area contributed by atoms with E-state index in [1.165, 1.54) is 18.4 Å². The molecule has 2 saturated heterocycles. The number of urea groups is 1. The van der Waals surface area contributed by atoms with E-state index in [0.717, 1.165) is 36.6 Å². The van der Waals surface area contributed by atoms with Gasteiger partial charge in [0.05, 0.1) is 13.7 Å². The fraction of sp³-hybridized carbons (Fsp3) is 0.458. The first kappa shape index (κ1) is 20.5. The molecule has 4 rings (SSSR count). The third kappa shape index (κ3) is 4.87. The number of fused-ring (bicyclic) bond motifs is 2. The van der Waals surface area contributed by atoms with Crippen molar-refractivity contribution in [3.63, 3.8) is 0 Å². The summed E-state index contributed by atoms with van der Waals surface area (Å²) in [6.45, 7) is 3.55. The van der Waals surface area contributed by atoms with Crippen molar-refractivity contribution in [3.8, 4) is 11.5 Å². The second-order valence-corrected chi connectivity index (χ2v) is 8.13. The molecule has 1 unspecified atom stereocenters. The first-order valence-corrected chi connectivity index (χ1v) is 10.8. The molecule has 2 bridgehead atoms. The molecule has 2 fully saturated rings. The predicted octanol–water partition coefficient (Wildman–Crippen LogP) is 4.41. The lowest BCUT2D eigenvalue weighted by molar-refractivity contribution is 0.112. The maximum absolute atomic E-state index is 12.5. The molecule has 2 amide bonds. The van der Waals surface area contributed by atoms with Gasteiger partial charge in [0.1, 0.15) is 11.5 Å². The van der Waals surface area contributed by atoms with Crippen molar-refractivity contribution in [3.05, 3.63) is 54.1 Å². The van der Waals surface area contributed by atoms with Gasteiger partial charge in [-0.25, -0.2) is 4.79 Å². The number of hydrogen-bond acceptors (Lipinski definition) is 4. The van der Waals surface area contributed by atoms with Gasteiger partial charge in [0, 0.05) is 30.4 Å². The van der Waals surface area contributed by atoms with E-state index in [4.69, 9.17) is 9.47 Å². The van der Waals surface area contributed by atoms with Gasteiger partial charge < -0.3 is 20.1 Å². The Hall–Kier alpha value is -2.73. The second-order valence-electron chi connectivity index (χ2n) is 8.13. The van der Waals surface area contributed by atoms with Crippen molar-refractivity contribution < 1.29 is 14.3 Å². The van der Waals surface area contributed by atoms with Crippen molar-refractivity contribution in [2.45, 2.75) is 57.3 Å². The van der Waals surface area contributed by atoms with Gasteiger partial charge in [0.2, 0.25) is 0 Å². The van der Waals surface area contributed by atoms with Crippen LogP contribution in [0.25, 0.3) is 0 Å². The summed E-state index contributed by atoms with van der Waals surface area (Å²) in [7, 11) is 1.69. The number of anilines is 1. The molecule has 2 N–H and O–H groups in total. The smallest absolute Gasteiger partial charge is 0.319 e. The summed E-state index contributed by atoms with van der Waals surface area (Å²) in [5, 5.41) is 6.12. The summed E-state index contributed by atoms with van der Waals surface area (Å²) in [5.74, 6) is 1.70. The van der Waals surface area contributed by atoms with Gasteiger partial charge in [-0.05, 0) is 74.6 Å². The van der Waals surface area contributed by atoms with Gasteiger partial charge in [-0.15, -0.1) is 0 Å². The number of nitrogens with one attached hydrogen (secondary N) is 2. The third-order valence-corrected chi connectivity index (χ3v) is 6.17. The van der Waals surface area contributed by atoms with Gasteiger partial charge in [-0.1, -0.05) is 12.1 Å².